The Morgan fingerprint density at radius 2 is 2.28 bits per heavy atom. The first-order chi connectivity index (χ1) is 8.68. The molecule has 0 aromatic carbocycles. The maximum Gasteiger partial charge on any atom is 0.254 e. The van der Waals surface area contributed by atoms with Crippen molar-refractivity contribution in [2.24, 2.45) is 5.92 Å². The molecule has 0 aliphatic carbocycles. The molecule has 18 heavy (non-hydrogen) atoms. The lowest BCUT2D eigenvalue weighted by atomic mass is 9.93. The van der Waals surface area contributed by atoms with Gasteiger partial charge < -0.3 is 15.0 Å². The topological polar surface area (TPSA) is 54.1 Å². The van der Waals surface area contributed by atoms with Crippen LogP contribution in [0.1, 0.15) is 30.1 Å². The summed E-state index contributed by atoms with van der Waals surface area (Å²) in [5.41, 5.74) is 0.534. The summed E-state index contributed by atoms with van der Waals surface area (Å²) in [7, 11) is 0. The van der Waals surface area contributed by atoms with Gasteiger partial charge in [0.05, 0.1) is 5.56 Å². The summed E-state index contributed by atoms with van der Waals surface area (Å²) < 4.78 is 5.80. The number of hydrogen-bond donors (Lipinski definition) is 2. The van der Waals surface area contributed by atoms with Crippen molar-refractivity contribution in [3.05, 3.63) is 28.5 Å². The average Bonchev–Trinajstić information content (AvgIpc) is 2.40. The van der Waals surface area contributed by atoms with Crippen LogP contribution in [0.5, 0.6) is 0 Å². The summed E-state index contributed by atoms with van der Waals surface area (Å²) in [6.45, 7) is 3.62. The minimum Gasteiger partial charge on any atom is -0.381 e. The number of pyridine rings is 1. The summed E-state index contributed by atoms with van der Waals surface area (Å²) in [5, 5.41) is 3.03. The molecule has 0 radical (unpaired) electrons. The lowest BCUT2D eigenvalue weighted by Gasteiger charge is -2.28. The fraction of sp³-hybridized carbons (Fsp3) is 0.538. The number of hydrogen-bond acceptors (Lipinski definition) is 3. The smallest absolute Gasteiger partial charge is 0.254 e. The van der Waals surface area contributed by atoms with Gasteiger partial charge in [-0.25, -0.2) is 0 Å². The molecule has 1 aromatic heterocycles. The van der Waals surface area contributed by atoms with E-state index in [-0.39, 0.29) is 11.9 Å². The van der Waals surface area contributed by atoms with Crippen LogP contribution in [-0.4, -0.2) is 30.1 Å². The second kappa shape index (κ2) is 6.11. The van der Waals surface area contributed by atoms with Crippen molar-refractivity contribution < 1.29 is 9.53 Å². The number of ether oxygens (including phenoxy) is 1. The maximum absolute atomic E-state index is 12.1. The average molecular weight is 266 g/mol. The Bertz CT molecular complexity index is 466. The number of aromatic nitrogens is 1. The minimum atomic E-state index is -0.101. The standard InChI is InChI=1S/C13H18N2O2S/c1-9(10-4-7-17-8-5-10)15-12(16)11-3-2-6-14-13(11)18/h2-3,6,9-10H,4-5,7-8H2,1H3,(H,14,18)(H,15,16). The number of carbonyl (C=O) groups excluding carboxylic acids is 1. The largest absolute Gasteiger partial charge is 0.381 e. The summed E-state index contributed by atoms with van der Waals surface area (Å²) in [4.78, 5) is 15.0. The van der Waals surface area contributed by atoms with Crippen molar-refractivity contribution in [3.63, 3.8) is 0 Å². The van der Waals surface area contributed by atoms with Crippen LogP contribution in [0.15, 0.2) is 18.3 Å². The monoisotopic (exact) mass is 266 g/mol. The quantitative estimate of drug-likeness (QED) is 0.825. The first kappa shape index (κ1) is 13.2. The summed E-state index contributed by atoms with van der Waals surface area (Å²) >= 11 is 5.10. The Balaban J connectivity index is 1.98. The van der Waals surface area contributed by atoms with Crippen LogP contribution < -0.4 is 5.32 Å². The lowest BCUT2D eigenvalue weighted by molar-refractivity contribution is 0.0538. The molecule has 1 aliphatic rings. The molecule has 1 amide bonds. The van der Waals surface area contributed by atoms with Gasteiger partial charge in [-0.1, -0.05) is 12.2 Å². The highest BCUT2D eigenvalue weighted by Crippen LogP contribution is 2.18. The summed E-state index contributed by atoms with van der Waals surface area (Å²) in [6.07, 6.45) is 3.73. The molecule has 0 bridgehead atoms. The third-order valence-corrected chi connectivity index (χ3v) is 3.73. The predicted octanol–water partition coefficient (Wildman–Crippen LogP) is 2.29. The molecule has 98 valence electrons. The van der Waals surface area contributed by atoms with Crippen molar-refractivity contribution in [1.29, 1.82) is 0 Å². The van der Waals surface area contributed by atoms with E-state index in [1.165, 1.54) is 0 Å². The van der Waals surface area contributed by atoms with Gasteiger partial charge >= 0.3 is 0 Å². The molecule has 1 fully saturated rings. The van der Waals surface area contributed by atoms with Crippen LogP contribution in [0, 0.1) is 10.6 Å². The Morgan fingerprint density at radius 3 is 2.94 bits per heavy atom. The third-order valence-electron chi connectivity index (χ3n) is 3.39. The van der Waals surface area contributed by atoms with Crippen molar-refractivity contribution >= 4 is 18.1 Å². The zero-order valence-electron chi connectivity index (χ0n) is 10.4. The van der Waals surface area contributed by atoms with Gasteiger partial charge in [-0.15, -0.1) is 0 Å². The van der Waals surface area contributed by atoms with Gasteiger partial charge in [0.2, 0.25) is 0 Å². The highest BCUT2D eigenvalue weighted by molar-refractivity contribution is 7.71. The Labute approximate surface area is 112 Å². The van der Waals surface area contributed by atoms with E-state index in [1.807, 2.05) is 6.92 Å². The van der Waals surface area contributed by atoms with Crippen molar-refractivity contribution in [1.82, 2.24) is 10.3 Å². The van der Waals surface area contributed by atoms with Crippen LogP contribution in [0.4, 0.5) is 0 Å². The van der Waals surface area contributed by atoms with Crippen LogP contribution in [0.3, 0.4) is 0 Å². The van der Waals surface area contributed by atoms with Crippen LogP contribution in [0.25, 0.3) is 0 Å². The van der Waals surface area contributed by atoms with Crippen LogP contribution >= 0.6 is 12.2 Å². The molecule has 2 heterocycles. The van der Waals surface area contributed by atoms with Crippen LogP contribution in [0.2, 0.25) is 0 Å². The van der Waals surface area contributed by atoms with E-state index in [9.17, 15) is 4.79 Å². The molecular weight excluding hydrogens is 248 g/mol. The first-order valence-electron chi connectivity index (χ1n) is 6.25. The number of carbonyl (C=O) groups is 1. The summed E-state index contributed by atoms with van der Waals surface area (Å²) in [6, 6.07) is 3.67. The van der Waals surface area contributed by atoms with E-state index in [2.05, 4.69) is 10.3 Å². The zero-order valence-corrected chi connectivity index (χ0v) is 11.3. The molecule has 1 saturated heterocycles. The molecule has 2 rings (SSSR count). The second-order valence-electron chi connectivity index (χ2n) is 4.62. The van der Waals surface area contributed by atoms with Gasteiger partial charge in [0.1, 0.15) is 4.64 Å². The maximum atomic E-state index is 12.1. The SMILES string of the molecule is CC(NC(=O)c1ccc[nH]c1=S)C1CCOCC1. The van der Waals surface area contributed by atoms with E-state index in [4.69, 9.17) is 17.0 Å². The predicted molar refractivity (Wildman–Crippen MR) is 72.1 cm³/mol. The lowest BCUT2D eigenvalue weighted by Crippen LogP contribution is -2.40. The van der Waals surface area contributed by atoms with Gasteiger partial charge in [-0.05, 0) is 37.8 Å². The first-order valence-corrected chi connectivity index (χ1v) is 6.65. The normalized spacial score (nSPS) is 18.3. The van der Waals surface area contributed by atoms with Crippen molar-refractivity contribution in [3.8, 4) is 0 Å². The van der Waals surface area contributed by atoms with Gasteiger partial charge in [-0.3, -0.25) is 4.79 Å². The molecule has 0 saturated carbocycles. The van der Waals surface area contributed by atoms with Gasteiger partial charge in [0.15, 0.2) is 0 Å². The van der Waals surface area contributed by atoms with E-state index < -0.39 is 0 Å². The summed E-state index contributed by atoms with van der Waals surface area (Å²) in [5.74, 6) is 0.389. The fourth-order valence-corrected chi connectivity index (χ4v) is 2.45. The van der Waals surface area contributed by atoms with E-state index >= 15 is 0 Å². The molecule has 5 heteroatoms. The molecule has 1 aromatic rings. The minimum absolute atomic E-state index is 0.101. The Morgan fingerprint density at radius 1 is 1.56 bits per heavy atom. The highest BCUT2D eigenvalue weighted by Gasteiger charge is 2.22. The van der Waals surface area contributed by atoms with Crippen LogP contribution in [-0.2, 0) is 4.74 Å². The Kier molecular flexibility index (Phi) is 4.49. The number of rotatable bonds is 3. The van der Waals surface area contributed by atoms with E-state index in [1.54, 1.807) is 18.3 Å². The molecule has 4 nitrogen and oxygen atoms in total. The van der Waals surface area contributed by atoms with E-state index in [0.29, 0.717) is 16.1 Å². The molecule has 1 unspecified atom stereocenters. The number of aromatic amines is 1. The zero-order chi connectivity index (χ0) is 13.0. The van der Waals surface area contributed by atoms with Gasteiger partial charge in [0.25, 0.3) is 5.91 Å². The second-order valence-corrected chi connectivity index (χ2v) is 5.03. The molecule has 1 aliphatic heterocycles. The molecule has 2 N–H and O–H groups in total. The third kappa shape index (κ3) is 3.17. The highest BCUT2D eigenvalue weighted by atomic mass is 32.1. The fourth-order valence-electron chi connectivity index (χ4n) is 2.22. The van der Waals surface area contributed by atoms with Crippen molar-refractivity contribution in [2.45, 2.75) is 25.8 Å². The number of H-pyrrole nitrogens is 1. The molecule has 1 atom stereocenters. The molecular formula is C13H18N2O2S. The van der Waals surface area contributed by atoms with Gasteiger partial charge in [0, 0.05) is 25.5 Å². The van der Waals surface area contributed by atoms with Crippen molar-refractivity contribution in [2.75, 3.05) is 13.2 Å². The molecule has 0 spiro atoms. The number of nitrogens with one attached hydrogen (secondary N) is 2. The van der Waals surface area contributed by atoms with E-state index in [0.717, 1.165) is 26.1 Å². The van der Waals surface area contributed by atoms with Gasteiger partial charge in [-0.2, -0.15) is 0 Å². The Hall–Kier alpha value is -1.20. The number of amides is 1.